The molecule has 0 saturated heterocycles. The Hall–Kier alpha value is -2.63. The van der Waals surface area contributed by atoms with E-state index in [-0.39, 0.29) is 5.82 Å². The van der Waals surface area contributed by atoms with Crippen molar-refractivity contribution in [1.29, 1.82) is 0 Å². The van der Waals surface area contributed by atoms with Gasteiger partial charge in [-0.3, -0.25) is 9.98 Å². The Bertz CT molecular complexity index is 717. The molecule has 0 bridgehead atoms. The predicted octanol–water partition coefficient (Wildman–Crippen LogP) is 3.09. The highest BCUT2D eigenvalue weighted by atomic mass is 19.1. The topological polar surface area (TPSA) is 58.5 Å². The van der Waals surface area contributed by atoms with Crippen molar-refractivity contribution >= 4 is 5.96 Å². The standard InChI is InChI=1S/C18H21FN4O/c1-12-9-17(12)23-18(20-2)22-11-14-10-16(7-8-21-14)24-15-5-3-13(19)4-6-15/h3-8,10,12,17H,9,11H2,1-2H3,(H2,20,22,23). The van der Waals surface area contributed by atoms with Crippen LogP contribution in [0.1, 0.15) is 19.0 Å². The van der Waals surface area contributed by atoms with Crippen LogP contribution in [0.4, 0.5) is 4.39 Å². The highest BCUT2D eigenvalue weighted by Crippen LogP contribution is 2.28. The first-order chi connectivity index (χ1) is 11.6. The molecule has 5 nitrogen and oxygen atoms in total. The Morgan fingerprint density at radius 2 is 2.04 bits per heavy atom. The average molecular weight is 328 g/mol. The zero-order valence-corrected chi connectivity index (χ0v) is 13.8. The van der Waals surface area contributed by atoms with Crippen LogP contribution in [-0.4, -0.2) is 24.0 Å². The van der Waals surface area contributed by atoms with E-state index in [0.29, 0.717) is 30.0 Å². The van der Waals surface area contributed by atoms with E-state index < -0.39 is 0 Å². The predicted molar refractivity (Wildman–Crippen MR) is 91.6 cm³/mol. The number of aromatic nitrogens is 1. The minimum atomic E-state index is -0.286. The van der Waals surface area contributed by atoms with E-state index in [2.05, 4.69) is 27.5 Å². The Morgan fingerprint density at radius 3 is 2.71 bits per heavy atom. The number of benzene rings is 1. The van der Waals surface area contributed by atoms with Gasteiger partial charge >= 0.3 is 0 Å². The highest BCUT2D eigenvalue weighted by Gasteiger charge is 2.33. The summed E-state index contributed by atoms with van der Waals surface area (Å²) in [6, 6.07) is 10.1. The van der Waals surface area contributed by atoms with Gasteiger partial charge in [-0.1, -0.05) is 6.92 Å². The molecule has 0 radical (unpaired) electrons. The van der Waals surface area contributed by atoms with E-state index in [4.69, 9.17) is 4.74 Å². The van der Waals surface area contributed by atoms with Crippen LogP contribution in [0.25, 0.3) is 0 Å². The molecule has 1 aromatic carbocycles. The molecule has 1 aliphatic rings. The number of halogens is 1. The number of nitrogens with one attached hydrogen (secondary N) is 2. The summed E-state index contributed by atoms with van der Waals surface area (Å²) in [4.78, 5) is 8.54. The second-order valence-corrected chi connectivity index (χ2v) is 5.93. The molecule has 24 heavy (non-hydrogen) atoms. The molecule has 2 aromatic rings. The lowest BCUT2D eigenvalue weighted by Gasteiger charge is -2.12. The second-order valence-electron chi connectivity index (χ2n) is 5.93. The molecule has 1 aliphatic carbocycles. The average Bonchev–Trinajstić information content (AvgIpc) is 3.29. The first-order valence-electron chi connectivity index (χ1n) is 7.99. The maximum absolute atomic E-state index is 12.9. The normalized spacial score (nSPS) is 19.7. The summed E-state index contributed by atoms with van der Waals surface area (Å²) in [5.41, 5.74) is 0.835. The molecule has 1 fully saturated rings. The van der Waals surface area contributed by atoms with Gasteiger partial charge in [0.25, 0.3) is 0 Å². The number of rotatable bonds is 5. The molecule has 2 N–H and O–H groups in total. The van der Waals surface area contributed by atoms with E-state index in [0.717, 1.165) is 11.7 Å². The fourth-order valence-corrected chi connectivity index (χ4v) is 2.32. The molecule has 3 rings (SSSR count). The molecule has 0 amide bonds. The molecule has 126 valence electrons. The highest BCUT2D eigenvalue weighted by molar-refractivity contribution is 5.80. The van der Waals surface area contributed by atoms with Crippen molar-refractivity contribution < 1.29 is 9.13 Å². The molecule has 1 heterocycles. The minimum Gasteiger partial charge on any atom is -0.457 e. The maximum Gasteiger partial charge on any atom is 0.191 e. The van der Waals surface area contributed by atoms with Gasteiger partial charge < -0.3 is 15.4 Å². The summed E-state index contributed by atoms with van der Waals surface area (Å²) >= 11 is 0. The van der Waals surface area contributed by atoms with Crippen molar-refractivity contribution in [2.75, 3.05) is 7.05 Å². The second kappa shape index (κ2) is 7.29. The Kier molecular flexibility index (Phi) is 4.93. The Morgan fingerprint density at radius 1 is 1.29 bits per heavy atom. The summed E-state index contributed by atoms with van der Waals surface area (Å²) in [6.45, 7) is 2.75. The largest absolute Gasteiger partial charge is 0.457 e. The van der Waals surface area contributed by atoms with Crippen molar-refractivity contribution in [1.82, 2.24) is 15.6 Å². The van der Waals surface area contributed by atoms with Crippen molar-refractivity contribution in [3.8, 4) is 11.5 Å². The van der Waals surface area contributed by atoms with E-state index in [1.165, 1.54) is 18.6 Å². The first kappa shape index (κ1) is 16.2. The Labute approximate surface area is 141 Å². The van der Waals surface area contributed by atoms with Gasteiger partial charge in [-0.05, 0) is 42.7 Å². The zero-order valence-electron chi connectivity index (χ0n) is 13.8. The van der Waals surface area contributed by atoms with E-state index in [9.17, 15) is 4.39 Å². The third-order valence-corrected chi connectivity index (χ3v) is 3.93. The molecule has 1 aromatic heterocycles. The zero-order chi connectivity index (χ0) is 16.9. The van der Waals surface area contributed by atoms with Crippen LogP contribution >= 0.6 is 0 Å². The fraction of sp³-hybridized carbons (Fsp3) is 0.333. The molecular weight excluding hydrogens is 307 g/mol. The number of ether oxygens (including phenoxy) is 1. The van der Waals surface area contributed by atoms with Gasteiger partial charge in [0.2, 0.25) is 0 Å². The van der Waals surface area contributed by atoms with E-state index in [1.54, 1.807) is 31.4 Å². The van der Waals surface area contributed by atoms with E-state index >= 15 is 0 Å². The van der Waals surface area contributed by atoms with Crippen LogP contribution in [0.5, 0.6) is 11.5 Å². The lowest BCUT2D eigenvalue weighted by Crippen LogP contribution is -2.38. The molecule has 6 heteroatoms. The third kappa shape index (κ3) is 4.44. The molecule has 2 atom stereocenters. The number of nitrogens with zero attached hydrogens (tertiary/aromatic N) is 2. The van der Waals surface area contributed by atoms with Crippen LogP contribution in [0, 0.1) is 11.7 Å². The van der Waals surface area contributed by atoms with Crippen LogP contribution in [0.3, 0.4) is 0 Å². The SMILES string of the molecule is CN=C(NCc1cc(Oc2ccc(F)cc2)ccn1)NC1CC1C. The number of hydrogen-bond donors (Lipinski definition) is 2. The van der Waals surface area contributed by atoms with Gasteiger partial charge in [-0.15, -0.1) is 0 Å². The molecule has 2 unspecified atom stereocenters. The summed E-state index contributed by atoms with van der Waals surface area (Å²) in [6.07, 6.45) is 2.87. The number of guanidine groups is 1. The summed E-state index contributed by atoms with van der Waals surface area (Å²) in [7, 11) is 1.75. The first-order valence-corrected chi connectivity index (χ1v) is 7.99. The van der Waals surface area contributed by atoms with Gasteiger partial charge in [0, 0.05) is 25.4 Å². The van der Waals surface area contributed by atoms with Gasteiger partial charge in [-0.25, -0.2) is 4.39 Å². The van der Waals surface area contributed by atoms with Gasteiger partial charge in [0.05, 0.1) is 12.2 Å². The van der Waals surface area contributed by atoms with Crippen molar-refractivity contribution in [2.24, 2.45) is 10.9 Å². The summed E-state index contributed by atoms with van der Waals surface area (Å²) in [5.74, 6) is 2.44. The van der Waals surface area contributed by atoms with Crippen molar-refractivity contribution in [2.45, 2.75) is 25.9 Å². The lowest BCUT2D eigenvalue weighted by atomic mass is 10.3. The number of aliphatic imine (C=N–C) groups is 1. The molecule has 0 spiro atoms. The number of hydrogen-bond acceptors (Lipinski definition) is 3. The lowest BCUT2D eigenvalue weighted by molar-refractivity contribution is 0.478. The molecule has 0 aliphatic heterocycles. The third-order valence-electron chi connectivity index (χ3n) is 3.93. The van der Waals surface area contributed by atoms with Crippen LogP contribution < -0.4 is 15.4 Å². The van der Waals surface area contributed by atoms with Crippen molar-refractivity contribution in [3.63, 3.8) is 0 Å². The van der Waals surface area contributed by atoms with Gasteiger partial charge in [0.1, 0.15) is 17.3 Å². The fourth-order valence-electron chi connectivity index (χ4n) is 2.32. The van der Waals surface area contributed by atoms with Crippen LogP contribution in [0.2, 0.25) is 0 Å². The molecule has 1 saturated carbocycles. The van der Waals surface area contributed by atoms with Gasteiger partial charge in [0.15, 0.2) is 5.96 Å². The minimum absolute atomic E-state index is 0.286. The van der Waals surface area contributed by atoms with E-state index in [1.807, 2.05) is 6.07 Å². The summed E-state index contributed by atoms with van der Waals surface area (Å²) in [5, 5.41) is 6.61. The quantitative estimate of drug-likeness (QED) is 0.654. The van der Waals surface area contributed by atoms with Crippen LogP contribution in [0.15, 0.2) is 47.6 Å². The number of pyridine rings is 1. The molecular formula is C18H21FN4O. The van der Waals surface area contributed by atoms with Gasteiger partial charge in [-0.2, -0.15) is 0 Å². The maximum atomic E-state index is 12.9. The smallest absolute Gasteiger partial charge is 0.191 e. The summed E-state index contributed by atoms with van der Waals surface area (Å²) < 4.78 is 18.6. The van der Waals surface area contributed by atoms with Crippen molar-refractivity contribution in [3.05, 3.63) is 54.1 Å². The van der Waals surface area contributed by atoms with Crippen LogP contribution in [-0.2, 0) is 6.54 Å². The Balaban J connectivity index is 1.57. The monoisotopic (exact) mass is 328 g/mol.